The number of hydrogen-bond acceptors (Lipinski definition) is 5. The molecule has 1 atom stereocenters. The summed E-state index contributed by atoms with van der Waals surface area (Å²) in [5.74, 6) is 0.825. The molecule has 0 saturated carbocycles. The van der Waals surface area contributed by atoms with Gasteiger partial charge in [0.1, 0.15) is 12.6 Å². The first-order chi connectivity index (χ1) is 13.2. The van der Waals surface area contributed by atoms with Gasteiger partial charge in [-0.3, -0.25) is 4.79 Å². The molecule has 2 aromatic heterocycles. The highest BCUT2D eigenvalue weighted by Gasteiger charge is 2.26. The minimum atomic E-state index is -0.116. The number of amides is 1. The summed E-state index contributed by atoms with van der Waals surface area (Å²) in [4.78, 5) is 23.0. The minimum absolute atomic E-state index is 0.0933. The van der Waals surface area contributed by atoms with Crippen LogP contribution in [-0.4, -0.2) is 51.6 Å². The van der Waals surface area contributed by atoms with Crippen LogP contribution in [0.1, 0.15) is 12.8 Å². The van der Waals surface area contributed by atoms with Crippen LogP contribution in [0.4, 0.5) is 0 Å². The zero-order valence-corrected chi connectivity index (χ0v) is 15.2. The van der Waals surface area contributed by atoms with E-state index in [2.05, 4.69) is 16.0 Å². The second-order valence-corrected chi connectivity index (χ2v) is 6.60. The molecule has 3 aromatic rings. The van der Waals surface area contributed by atoms with Gasteiger partial charge in [-0.05, 0) is 30.4 Å². The van der Waals surface area contributed by atoms with Gasteiger partial charge in [-0.1, -0.05) is 18.2 Å². The number of methoxy groups -OCH3 is 1. The lowest BCUT2D eigenvalue weighted by molar-refractivity contribution is -0.134. The van der Waals surface area contributed by atoms with Crippen LogP contribution in [0.2, 0.25) is 0 Å². The summed E-state index contributed by atoms with van der Waals surface area (Å²) >= 11 is 0. The van der Waals surface area contributed by atoms with Gasteiger partial charge in [0.15, 0.2) is 0 Å². The molecule has 1 aliphatic rings. The van der Waals surface area contributed by atoms with E-state index in [1.165, 1.54) is 7.11 Å². The molecule has 0 bridgehead atoms. The summed E-state index contributed by atoms with van der Waals surface area (Å²) in [6.45, 7) is 1.61. The standard InChI is InChI=1S/C20H22N4O3/c1-26-19-20(22-10-9-21-19)27-16-6-4-11-24(13-16)18(25)14-23-12-8-15-5-2-3-7-17(15)23/h2-3,5,7-10,12,16H,4,6,11,13-14H2,1H3. The average molecular weight is 366 g/mol. The van der Waals surface area contributed by atoms with Gasteiger partial charge < -0.3 is 18.9 Å². The average Bonchev–Trinajstić information content (AvgIpc) is 3.11. The number of carbonyl (C=O) groups is 1. The fraction of sp³-hybridized carbons (Fsp3) is 0.350. The van der Waals surface area contributed by atoms with Gasteiger partial charge in [0.05, 0.1) is 13.7 Å². The first kappa shape index (κ1) is 17.3. The number of ether oxygens (including phenoxy) is 2. The van der Waals surface area contributed by atoms with E-state index >= 15 is 0 Å². The maximum absolute atomic E-state index is 12.8. The molecule has 7 heteroatoms. The quantitative estimate of drug-likeness (QED) is 0.694. The largest absolute Gasteiger partial charge is 0.477 e. The molecule has 0 N–H and O–H groups in total. The molecule has 1 saturated heterocycles. The van der Waals surface area contributed by atoms with Crippen LogP contribution in [0.3, 0.4) is 0 Å². The Morgan fingerprint density at radius 3 is 2.85 bits per heavy atom. The van der Waals surface area contributed by atoms with Crippen molar-refractivity contribution in [3.63, 3.8) is 0 Å². The molecule has 4 rings (SSSR count). The Bertz CT molecular complexity index is 940. The number of carbonyl (C=O) groups excluding carboxylic acids is 1. The van der Waals surface area contributed by atoms with Crippen molar-refractivity contribution in [3.8, 4) is 11.8 Å². The molecule has 1 fully saturated rings. The van der Waals surface area contributed by atoms with Crippen molar-refractivity contribution in [2.24, 2.45) is 0 Å². The predicted molar refractivity (Wildman–Crippen MR) is 101 cm³/mol. The second kappa shape index (κ2) is 7.65. The molecule has 3 heterocycles. The van der Waals surface area contributed by atoms with Gasteiger partial charge in [0.25, 0.3) is 11.8 Å². The zero-order valence-electron chi connectivity index (χ0n) is 15.2. The Hall–Kier alpha value is -3.09. The van der Waals surface area contributed by atoms with E-state index in [9.17, 15) is 4.79 Å². The van der Waals surface area contributed by atoms with Crippen molar-refractivity contribution in [1.82, 2.24) is 19.4 Å². The van der Waals surface area contributed by atoms with Gasteiger partial charge in [-0.25, -0.2) is 9.97 Å². The van der Waals surface area contributed by atoms with Crippen LogP contribution in [0.15, 0.2) is 48.9 Å². The zero-order chi connectivity index (χ0) is 18.6. The third kappa shape index (κ3) is 3.72. The van der Waals surface area contributed by atoms with Gasteiger partial charge >= 0.3 is 0 Å². The highest BCUT2D eigenvalue weighted by atomic mass is 16.5. The number of piperidine rings is 1. The monoisotopic (exact) mass is 366 g/mol. The fourth-order valence-corrected chi connectivity index (χ4v) is 3.48. The summed E-state index contributed by atoms with van der Waals surface area (Å²) in [5, 5.41) is 1.14. The summed E-state index contributed by atoms with van der Waals surface area (Å²) in [5.41, 5.74) is 1.07. The molecular weight excluding hydrogens is 344 g/mol. The van der Waals surface area contributed by atoms with E-state index in [1.807, 2.05) is 39.9 Å². The van der Waals surface area contributed by atoms with Gasteiger partial charge in [-0.15, -0.1) is 0 Å². The van der Waals surface area contributed by atoms with Crippen molar-refractivity contribution in [2.45, 2.75) is 25.5 Å². The Kier molecular flexibility index (Phi) is 4.91. The van der Waals surface area contributed by atoms with E-state index < -0.39 is 0 Å². The smallest absolute Gasteiger partial charge is 0.278 e. The number of para-hydroxylation sites is 1. The van der Waals surface area contributed by atoms with Crippen LogP contribution in [0, 0.1) is 0 Å². The van der Waals surface area contributed by atoms with Crippen LogP contribution >= 0.6 is 0 Å². The number of nitrogens with zero attached hydrogens (tertiary/aromatic N) is 4. The summed E-state index contributed by atoms with van der Waals surface area (Å²) in [6.07, 6.45) is 6.74. The number of likely N-dealkylation sites (tertiary alicyclic amines) is 1. The molecule has 1 aromatic carbocycles. The molecule has 27 heavy (non-hydrogen) atoms. The fourth-order valence-electron chi connectivity index (χ4n) is 3.48. The molecule has 1 amide bonds. The Morgan fingerprint density at radius 2 is 2.00 bits per heavy atom. The first-order valence-corrected chi connectivity index (χ1v) is 9.08. The van der Waals surface area contributed by atoms with E-state index in [0.29, 0.717) is 24.8 Å². The van der Waals surface area contributed by atoms with Crippen molar-refractivity contribution >= 4 is 16.8 Å². The molecule has 0 spiro atoms. The summed E-state index contributed by atoms with van der Waals surface area (Å²) < 4.78 is 13.1. The lowest BCUT2D eigenvalue weighted by Gasteiger charge is -2.32. The van der Waals surface area contributed by atoms with Crippen molar-refractivity contribution in [2.75, 3.05) is 20.2 Å². The second-order valence-electron chi connectivity index (χ2n) is 6.60. The number of fused-ring (bicyclic) bond motifs is 1. The SMILES string of the molecule is COc1nccnc1OC1CCCN(C(=O)Cn2ccc3ccccc32)C1. The van der Waals surface area contributed by atoms with Crippen LogP contribution in [0.25, 0.3) is 10.9 Å². The highest BCUT2D eigenvalue weighted by Crippen LogP contribution is 2.24. The third-order valence-corrected chi connectivity index (χ3v) is 4.82. The Balaban J connectivity index is 1.42. The lowest BCUT2D eigenvalue weighted by atomic mass is 10.1. The number of hydrogen-bond donors (Lipinski definition) is 0. The highest BCUT2D eigenvalue weighted by molar-refractivity contribution is 5.83. The predicted octanol–water partition coefficient (Wildman–Crippen LogP) is 2.51. The van der Waals surface area contributed by atoms with E-state index in [-0.39, 0.29) is 12.0 Å². The van der Waals surface area contributed by atoms with E-state index in [0.717, 1.165) is 30.3 Å². The molecule has 0 radical (unpaired) electrons. The van der Waals surface area contributed by atoms with Crippen LogP contribution in [-0.2, 0) is 11.3 Å². The number of rotatable bonds is 5. The molecule has 0 aliphatic carbocycles. The van der Waals surface area contributed by atoms with E-state index in [4.69, 9.17) is 9.47 Å². The maximum Gasteiger partial charge on any atom is 0.278 e. The van der Waals surface area contributed by atoms with Crippen LogP contribution in [0.5, 0.6) is 11.8 Å². The molecular formula is C20H22N4O3. The van der Waals surface area contributed by atoms with Crippen molar-refractivity contribution < 1.29 is 14.3 Å². The summed E-state index contributed by atoms with van der Waals surface area (Å²) in [7, 11) is 1.54. The topological polar surface area (TPSA) is 69.5 Å². The number of benzene rings is 1. The maximum atomic E-state index is 12.8. The normalized spacial score (nSPS) is 17.1. The third-order valence-electron chi connectivity index (χ3n) is 4.82. The Labute approximate surface area is 157 Å². The van der Waals surface area contributed by atoms with Gasteiger partial charge in [-0.2, -0.15) is 0 Å². The molecule has 140 valence electrons. The molecule has 1 unspecified atom stereocenters. The molecule has 7 nitrogen and oxygen atoms in total. The van der Waals surface area contributed by atoms with Gasteiger partial charge in [0, 0.05) is 30.7 Å². The van der Waals surface area contributed by atoms with Crippen molar-refractivity contribution in [1.29, 1.82) is 0 Å². The van der Waals surface area contributed by atoms with Crippen LogP contribution < -0.4 is 9.47 Å². The lowest BCUT2D eigenvalue weighted by Crippen LogP contribution is -2.45. The van der Waals surface area contributed by atoms with Gasteiger partial charge in [0.2, 0.25) is 5.91 Å². The molecule has 1 aliphatic heterocycles. The Morgan fingerprint density at radius 1 is 1.19 bits per heavy atom. The minimum Gasteiger partial charge on any atom is -0.477 e. The number of aromatic nitrogens is 3. The first-order valence-electron chi connectivity index (χ1n) is 9.08. The van der Waals surface area contributed by atoms with Crippen molar-refractivity contribution in [3.05, 3.63) is 48.9 Å². The summed E-state index contributed by atoms with van der Waals surface area (Å²) in [6, 6.07) is 10.1. The van der Waals surface area contributed by atoms with E-state index in [1.54, 1.807) is 12.4 Å².